The van der Waals surface area contributed by atoms with Gasteiger partial charge in [-0.25, -0.2) is 4.98 Å². The third-order valence-electron chi connectivity index (χ3n) is 4.10. The van der Waals surface area contributed by atoms with E-state index in [1.54, 1.807) is 18.2 Å². The molecule has 0 aliphatic heterocycles. The van der Waals surface area contributed by atoms with Gasteiger partial charge in [0.2, 0.25) is 0 Å². The molecule has 7 nitrogen and oxygen atoms in total. The van der Waals surface area contributed by atoms with E-state index in [4.69, 9.17) is 0 Å². The van der Waals surface area contributed by atoms with Gasteiger partial charge in [0.05, 0.1) is 11.0 Å². The highest BCUT2D eigenvalue weighted by Crippen LogP contribution is 2.21. The van der Waals surface area contributed by atoms with Crippen molar-refractivity contribution in [3.8, 4) is 11.5 Å². The third-order valence-corrected chi connectivity index (χ3v) is 4.10. The van der Waals surface area contributed by atoms with Crippen LogP contribution in [-0.4, -0.2) is 40.2 Å². The van der Waals surface area contributed by atoms with Gasteiger partial charge in [0.1, 0.15) is 11.5 Å². The molecule has 0 radical (unpaired) electrons. The molecule has 1 amide bonds. The van der Waals surface area contributed by atoms with Crippen LogP contribution in [0.1, 0.15) is 10.4 Å². The van der Waals surface area contributed by atoms with Crippen molar-refractivity contribution in [2.45, 2.75) is 0 Å². The molecule has 0 aliphatic rings. The molecule has 7 heteroatoms. The summed E-state index contributed by atoms with van der Waals surface area (Å²) in [5.74, 6) is 0.968. The van der Waals surface area contributed by atoms with Gasteiger partial charge in [0.15, 0.2) is 5.82 Å². The quantitative estimate of drug-likeness (QED) is 0.529. The molecule has 0 saturated heterocycles. The first-order chi connectivity index (χ1) is 12.6. The molecule has 0 unspecified atom stereocenters. The highest BCUT2D eigenvalue weighted by Gasteiger charge is 2.12. The van der Waals surface area contributed by atoms with Crippen LogP contribution in [0.5, 0.6) is 0 Å². The summed E-state index contributed by atoms with van der Waals surface area (Å²) in [5, 5.41) is 9.87. The van der Waals surface area contributed by atoms with Crippen molar-refractivity contribution in [3.63, 3.8) is 0 Å². The Morgan fingerprint density at radius 2 is 1.85 bits per heavy atom. The van der Waals surface area contributed by atoms with Crippen molar-refractivity contribution in [3.05, 3.63) is 60.2 Å². The van der Waals surface area contributed by atoms with E-state index >= 15 is 0 Å². The number of hydrogen-bond donors (Lipinski definition) is 3. The zero-order valence-corrected chi connectivity index (χ0v) is 14.4. The van der Waals surface area contributed by atoms with Gasteiger partial charge in [-0.3, -0.25) is 9.89 Å². The second-order valence-corrected chi connectivity index (χ2v) is 6.16. The molecule has 4 rings (SSSR count). The number of para-hydroxylation sites is 2. The second-order valence-electron chi connectivity index (χ2n) is 6.16. The van der Waals surface area contributed by atoms with E-state index in [2.05, 4.69) is 25.5 Å². The maximum atomic E-state index is 12.4. The lowest BCUT2D eigenvalue weighted by atomic mass is 10.2. The van der Waals surface area contributed by atoms with E-state index in [9.17, 15) is 4.79 Å². The fourth-order valence-electron chi connectivity index (χ4n) is 2.69. The fraction of sp³-hybridized carbons (Fsp3) is 0.105. The maximum Gasteiger partial charge on any atom is 0.256 e. The van der Waals surface area contributed by atoms with E-state index in [1.165, 1.54) is 0 Å². The molecule has 3 N–H and O–H groups in total. The van der Waals surface area contributed by atoms with Gasteiger partial charge >= 0.3 is 0 Å². The van der Waals surface area contributed by atoms with Crippen LogP contribution in [0.15, 0.2) is 54.6 Å². The van der Waals surface area contributed by atoms with Crippen LogP contribution in [-0.2, 0) is 0 Å². The van der Waals surface area contributed by atoms with Crippen LogP contribution in [0.4, 0.5) is 11.5 Å². The number of amides is 1. The first kappa shape index (κ1) is 15.9. The van der Waals surface area contributed by atoms with E-state index < -0.39 is 0 Å². The summed E-state index contributed by atoms with van der Waals surface area (Å²) in [4.78, 5) is 22.1. The first-order valence-corrected chi connectivity index (χ1v) is 8.19. The highest BCUT2D eigenvalue weighted by molar-refractivity contribution is 6.04. The average Bonchev–Trinajstić information content (AvgIpc) is 3.28. The minimum atomic E-state index is -0.199. The number of carbonyl (C=O) groups excluding carboxylic acids is 1. The number of hydrogen-bond acceptors (Lipinski definition) is 4. The number of fused-ring (bicyclic) bond motifs is 1. The molecule has 130 valence electrons. The molecule has 26 heavy (non-hydrogen) atoms. The molecule has 4 aromatic rings. The molecule has 0 spiro atoms. The number of nitrogens with zero attached hydrogens (tertiary/aromatic N) is 3. The normalized spacial score (nSPS) is 10.8. The van der Waals surface area contributed by atoms with E-state index in [0.717, 1.165) is 16.7 Å². The van der Waals surface area contributed by atoms with Crippen LogP contribution in [0.3, 0.4) is 0 Å². The van der Waals surface area contributed by atoms with E-state index in [1.807, 2.05) is 55.4 Å². The third kappa shape index (κ3) is 3.02. The lowest BCUT2D eigenvalue weighted by molar-refractivity contribution is 0.102. The Kier molecular flexibility index (Phi) is 3.89. The summed E-state index contributed by atoms with van der Waals surface area (Å²) in [6.07, 6.45) is 0. The lowest BCUT2D eigenvalue weighted by Gasteiger charge is -2.12. The van der Waals surface area contributed by atoms with Crippen LogP contribution < -0.4 is 10.2 Å². The van der Waals surface area contributed by atoms with Gasteiger partial charge in [-0.1, -0.05) is 12.1 Å². The molecule has 0 fully saturated rings. The van der Waals surface area contributed by atoms with Crippen LogP contribution in [0.25, 0.3) is 22.6 Å². The molecule has 0 atom stereocenters. The molecular weight excluding hydrogens is 328 g/mol. The summed E-state index contributed by atoms with van der Waals surface area (Å²) >= 11 is 0. The number of nitrogens with one attached hydrogen (secondary N) is 3. The van der Waals surface area contributed by atoms with Crippen molar-refractivity contribution in [2.75, 3.05) is 24.3 Å². The molecule has 2 heterocycles. The maximum absolute atomic E-state index is 12.4. The SMILES string of the molecule is CN(C)c1ccc(C(=O)Nc2cc(-c3nc4ccccc4[nH]3)n[nH]2)cc1. The number of aromatic amines is 2. The monoisotopic (exact) mass is 346 g/mol. The Hall–Kier alpha value is -3.61. The van der Waals surface area contributed by atoms with Crippen molar-refractivity contribution >= 4 is 28.4 Å². The molecular formula is C19H18N6O. The van der Waals surface area contributed by atoms with Crippen molar-refractivity contribution in [1.29, 1.82) is 0 Å². The summed E-state index contributed by atoms with van der Waals surface area (Å²) in [6, 6.07) is 16.9. The number of H-pyrrole nitrogens is 2. The number of carbonyl (C=O) groups is 1. The molecule has 2 aromatic carbocycles. The summed E-state index contributed by atoms with van der Waals surface area (Å²) < 4.78 is 0. The Morgan fingerprint density at radius 3 is 2.58 bits per heavy atom. The standard InChI is InChI=1S/C19H18N6O/c1-25(2)13-9-7-12(8-10-13)19(26)22-17-11-16(23-24-17)18-20-14-5-3-4-6-15(14)21-18/h3-11H,1-2H3,(H,20,21)(H2,22,23,24,26). The molecule has 0 saturated carbocycles. The Balaban J connectivity index is 1.51. The summed E-state index contributed by atoms with van der Waals surface area (Å²) in [6.45, 7) is 0. The number of imidazole rings is 1. The molecule has 2 aromatic heterocycles. The second kappa shape index (κ2) is 6.36. The van der Waals surface area contributed by atoms with Crippen LogP contribution in [0, 0.1) is 0 Å². The van der Waals surface area contributed by atoms with Crippen molar-refractivity contribution in [2.24, 2.45) is 0 Å². The van der Waals surface area contributed by atoms with Gasteiger partial charge in [-0.15, -0.1) is 0 Å². The summed E-state index contributed by atoms with van der Waals surface area (Å²) in [5.41, 5.74) is 4.07. The Bertz CT molecular complexity index is 1030. The predicted molar refractivity (Wildman–Crippen MR) is 102 cm³/mol. The number of rotatable bonds is 4. The van der Waals surface area contributed by atoms with Gasteiger partial charge < -0.3 is 15.2 Å². The largest absolute Gasteiger partial charge is 0.378 e. The van der Waals surface area contributed by atoms with Gasteiger partial charge in [-0.2, -0.15) is 5.10 Å². The van der Waals surface area contributed by atoms with Crippen molar-refractivity contribution in [1.82, 2.24) is 20.2 Å². The Labute approximate surface area is 150 Å². The lowest BCUT2D eigenvalue weighted by Crippen LogP contribution is -2.13. The van der Waals surface area contributed by atoms with Gasteiger partial charge in [0.25, 0.3) is 5.91 Å². The fourth-order valence-corrected chi connectivity index (χ4v) is 2.69. The number of aromatic nitrogens is 4. The zero-order valence-electron chi connectivity index (χ0n) is 14.4. The number of anilines is 2. The Morgan fingerprint density at radius 1 is 1.08 bits per heavy atom. The minimum Gasteiger partial charge on any atom is -0.378 e. The van der Waals surface area contributed by atoms with Crippen LogP contribution in [0.2, 0.25) is 0 Å². The van der Waals surface area contributed by atoms with Crippen molar-refractivity contribution < 1.29 is 4.79 Å². The smallest absolute Gasteiger partial charge is 0.256 e. The summed E-state index contributed by atoms with van der Waals surface area (Å²) in [7, 11) is 3.92. The minimum absolute atomic E-state index is 0.199. The topological polar surface area (TPSA) is 89.7 Å². The average molecular weight is 346 g/mol. The first-order valence-electron chi connectivity index (χ1n) is 8.19. The van der Waals surface area contributed by atoms with E-state index in [-0.39, 0.29) is 5.91 Å². The van der Waals surface area contributed by atoms with E-state index in [0.29, 0.717) is 22.9 Å². The predicted octanol–water partition coefficient (Wildman–Crippen LogP) is 3.27. The molecule has 0 aliphatic carbocycles. The van der Waals surface area contributed by atoms with Gasteiger partial charge in [-0.05, 0) is 36.4 Å². The number of benzene rings is 2. The molecule has 0 bridgehead atoms. The van der Waals surface area contributed by atoms with Crippen LogP contribution >= 0.6 is 0 Å². The van der Waals surface area contributed by atoms with Gasteiger partial charge in [0, 0.05) is 31.4 Å². The zero-order chi connectivity index (χ0) is 18.1. The highest BCUT2D eigenvalue weighted by atomic mass is 16.1.